The summed E-state index contributed by atoms with van der Waals surface area (Å²) in [6, 6.07) is 0. The van der Waals surface area contributed by atoms with Crippen LogP contribution in [0, 0.1) is 23.7 Å². The highest BCUT2D eigenvalue weighted by atomic mass is 16.5. The Kier molecular flexibility index (Phi) is 1.91. The van der Waals surface area contributed by atoms with Crippen LogP contribution in [0.2, 0.25) is 0 Å². The van der Waals surface area contributed by atoms with Crippen molar-refractivity contribution in [2.75, 3.05) is 0 Å². The van der Waals surface area contributed by atoms with Crippen LogP contribution >= 0.6 is 0 Å². The molecule has 0 heterocycles. The average molecular weight is 208 g/mol. The molecule has 0 N–H and O–H groups in total. The fourth-order valence-electron chi connectivity index (χ4n) is 3.95. The van der Waals surface area contributed by atoms with E-state index in [1.807, 2.05) is 0 Å². The van der Waals surface area contributed by atoms with Gasteiger partial charge >= 0.3 is 5.97 Å². The largest absolute Gasteiger partial charge is 0.461 e. The van der Waals surface area contributed by atoms with Crippen molar-refractivity contribution < 1.29 is 14.3 Å². The first-order valence-corrected chi connectivity index (χ1v) is 5.86. The van der Waals surface area contributed by atoms with Crippen LogP contribution in [0.15, 0.2) is 0 Å². The van der Waals surface area contributed by atoms with Gasteiger partial charge in [0.15, 0.2) is 0 Å². The molecule has 15 heavy (non-hydrogen) atoms. The van der Waals surface area contributed by atoms with Gasteiger partial charge in [-0.1, -0.05) is 0 Å². The van der Waals surface area contributed by atoms with E-state index in [4.69, 9.17) is 4.74 Å². The Bertz CT molecular complexity index is 323. The minimum atomic E-state index is -0.236. The lowest BCUT2D eigenvalue weighted by molar-refractivity contribution is -0.173. The molecule has 0 saturated heterocycles. The highest BCUT2D eigenvalue weighted by Gasteiger charge is 2.54. The lowest BCUT2D eigenvalue weighted by atomic mass is 9.54. The smallest absolute Gasteiger partial charge is 0.302 e. The predicted molar refractivity (Wildman–Crippen MR) is 53.0 cm³/mol. The zero-order valence-corrected chi connectivity index (χ0v) is 8.94. The van der Waals surface area contributed by atoms with Gasteiger partial charge in [0, 0.05) is 12.8 Å². The molecule has 3 nitrogen and oxygen atoms in total. The SMILES string of the molecule is CC(=O)OC1C2CC3CC(C2)C(=O)C1C3. The first-order valence-electron chi connectivity index (χ1n) is 5.86. The lowest BCUT2D eigenvalue weighted by Crippen LogP contribution is -2.55. The highest BCUT2D eigenvalue weighted by Crippen LogP contribution is 2.52. The normalized spacial score (nSPS) is 47.0. The molecule has 0 aromatic heterocycles. The van der Waals surface area contributed by atoms with Crippen LogP contribution in [0.4, 0.5) is 0 Å². The van der Waals surface area contributed by atoms with E-state index in [0.29, 0.717) is 17.6 Å². The molecule has 3 heteroatoms. The van der Waals surface area contributed by atoms with E-state index < -0.39 is 0 Å². The van der Waals surface area contributed by atoms with Crippen molar-refractivity contribution in [3.63, 3.8) is 0 Å². The zero-order valence-electron chi connectivity index (χ0n) is 8.94. The van der Waals surface area contributed by atoms with Gasteiger partial charge in [-0.25, -0.2) is 0 Å². The molecule has 4 fully saturated rings. The van der Waals surface area contributed by atoms with Gasteiger partial charge in [-0.2, -0.15) is 0 Å². The van der Waals surface area contributed by atoms with E-state index in [-0.39, 0.29) is 18.0 Å². The number of ketones is 1. The summed E-state index contributed by atoms with van der Waals surface area (Å²) in [5.74, 6) is 1.65. The first-order chi connectivity index (χ1) is 7.15. The Balaban J connectivity index is 1.85. The van der Waals surface area contributed by atoms with Gasteiger partial charge < -0.3 is 4.74 Å². The van der Waals surface area contributed by atoms with Gasteiger partial charge in [0.1, 0.15) is 11.9 Å². The summed E-state index contributed by atoms with van der Waals surface area (Å²) in [6.45, 7) is 1.44. The number of esters is 1. The number of Topliss-reactive ketones (excluding diaryl/α,β-unsaturated/α-hetero) is 1. The fraction of sp³-hybridized carbons (Fsp3) is 0.833. The van der Waals surface area contributed by atoms with Crippen molar-refractivity contribution in [2.45, 2.75) is 38.7 Å². The van der Waals surface area contributed by atoms with E-state index in [1.54, 1.807) is 0 Å². The third-order valence-corrected chi connectivity index (χ3v) is 4.36. The lowest BCUT2D eigenvalue weighted by Gasteiger charge is -2.52. The first kappa shape index (κ1) is 9.37. The zero-order chi connectivity index (χ0) is 10.6. The van der Waals surface area contributed by atoms with E-state index >= 15 is 0 Å². The van der Waals surface area contributed by atoms with Crippen molar-refractivity contribution in [3.05, 3.63) is 0 Å². The molecule has 4 aliphatic rings. The molecule has 0 amide bonds. The maximum absolute atomic E-state index is 12.0. The number of ether oxygens (including phenoxy) is 1. The minimum absolute atomic E-state index is 0.0325. The topological polar surface area (TPSA) is 43.4 Å². The Morgan fingerprint density at radius 3 is 2.80 bits per heavy atom. The van der Waals surface area contributed by atoms with Gasteiger partial charge in [0.05, 0.1) is 5.92 Å². The Morgan fingerprint density at radius 1 is 1.27 bits per heavy atom. The van der Waals surface area contributed by atoms with Crippen LogP contribution in [0.1, 0.15) is 32.6 Å². The summed E-state index contributed by atoms with van der Waals surface area (Å²) in [5, 5.41) is 0. The maximum atomic E-state index is 12.0. The van der Waals surface area contributed by atoms with Gasteiger partial charge in [0.25, 0.3) is 0 Å². The summed E-state index contributed by atoms with van der Waals surface area (Å²) >= 11 is 0. The Labute approximate surface area is 89.2 Å². The number of carbonyl (C=O) groups excluding carboxylic acids is 2. The van der Waals surface area contributed by atoms with Crippen LogP contribution in [0.5, 0.6) is 0 Å². The van der Waals surface area contributed by atoms with Crippen LogP contribution in [-0.4, -0.2) is 17.9 Å². The molecule has 5 atom stereocenters. The molecule has 0 aromatic rings. The van der Waals surface area contributed by atoms with Crippen molar-refractivity contribution in [3.8, 4) is 0 Å². The molecule has 0 radical (unpaired) electrons. The van der Waals surface area contributed by atoms with E-state index in [1.165, 1.54) is 6.92 Å². The Hall–Kier alpha value is -0.860. The Morgan fingerprint density at radius 2 is 2.07 bits per heavy atom. The van der Waals surface area contributed by atoms with Crippen LogP contribution in [0.25, 0.3) is 0 Å². The van der Waals surface area contributed by atoms with Crippen LogP contribution < -0.4 is 0 Å². The van der Waals surface area contributed by atoms with Gasteiger partial charge in [-0.3, -0.25) is 9.59 Å². The van der Waals surface area contributed by atoms with Crippen molar-refractivity contribution >= 4 is 11.8 Å². The third kappa shape index (κ3) is 1.32. The number of rotatable bonds is 1. The summed E-state index contributed by atoms with van der Waals surface area (Å²) in [4.78, 5) is 23.0. The van der Waals surface area contributed by atoms with Gasteiger partial charge in [-0.15, -0.1) is 0 Å². The fourth-order valence-corrected chi connectivity index (χ4v) is 3.95. The summed E-state index contributed by atoms with van der Waals surface area (Å²) < 4.78 is 5.34. The molecule has 4 saturated carbocycles. The quantitative estimate of drug-likeness (QED) is 0.614. The average Bonchev–Trinajstić information content (AvgIpc) is 2.18. The van der Waals surface area contributed by atoms with Crippen LogP contribution in [0.3, 0.4) is 0 Å². The molecule has 0 aliphatic heterocycles. The maximum Gasteiger partial charge on any atom is 0.302 e. The molecule has 0 spiro atoms. The molecule has 82 valence electrons. The van der Waals surface area contributed by atoms with Gasteiger partial charge in [0.2, 0.25) is 0 Å². The molecule has 0 aromatic carbocycles. The molecular formula is C12H16O3. The summed E-state index contributed by atoms with van der Waals surface area (Å²) in [5.41, 5.74) is 0. The van der Waals surface area contributed by atoms with E-state index in [2.05, 4.69) is 0 Å². The minimum Gasteiger partial charge on any atom is -0.461 e. The van der Waals surface area contributed by atoms with E-state index in [0.717, 1.165) is 31.6 Å². The highest BCUT2D eigenvalue weighted by molar-refractivity contribution is 5.86. The molecule has 4 rings (SSSR count). The number of hydrogen-bond acceptors (Lipinski definition) is 3. The summed E-state index contributed by atoms with van der Waals surface area (Å²) in [7, 11) is 0. The molecule has 4 bridgehead atoms. The standard InChI is InChI=1S/C12H16O3/c1-6(13)15-12-9-3-7-2-8(5-9)11(14)10(12)4-7/h7-10,12H,2-5H2,1H3. The number of carbonyl (C=O) groups is 2. The number of hydrogen-bond donors (Lipinski definition) is 0. The predicted octanol–water partition coefficient (Wildman–Crippen LogP) is 1.55. The second kappa shape index (κ2) is 3.06. The molecular weight excluding hydrogens is 192 g/mol. The second-order valence-corrected chi connectivity index (χ2v) is 5.35. The second-order valence-electron chi connectivity index (χ2n) is 5.35. The van der Waals surface area contributed by atoms with Crippen molar-refractivity contribution in [2.24, 2.45) is 23.7 Å². The van der Waals surface area contributed by atoms with Crippen molar-refractivity contribution in [1.82, 2.24) is 0 Å². The monoisotopic (exact) mass is 208 g/mol. The van der Waals surface area contributed by atoms with Crippen molar-refractivity contribution in [1.29, 1.82) is 0 Å². The third-order valence-electron chi connectivity index (χ3n) is 4.36. The molecule has 4 aliphatic carbocycles. The van der Waals surface area contributed by atoms with Crippen LogP contribution in [-0.2, 0) is 14.3 Å². The van der Waals surface area contributed by atoms with E-state index in [9.17, 15) is 9.59 Å². The van der Waals surface area contributed by atoms with Gasteiger partial charge in [-0.05, 0) is 37.5 Å². The summed E-state index contributed by atoms with van der Waals surface area (Å²) in [6.07, 6.45) is 4.09. The molecule has 5 unspecified atom stereocenters.